The molecule has 2 heterocycles. The number of aryl methyl sites for hydroxylation is 1. The molecule has 2 unspecified atom stereocenters. The monoisotopic (exact) mass is 314 g/mol. The van der Waals surface area contributed by atoms with Crippen LogP contribution in [0, 0.1) is 12.8 Å². The third-order valence-corrected chi connectivity index (χ3v) is 6.67. The van der Waals surface area contributed by atoms with Crippen molar-refractivity contribution >= 4 is 21.6 Å². The van der Waals surface area contributed by atoms with Crippen molar-refractivity contribution in [3.8, 4) is 0 Å². The number of hydrogen-bond acceptors (Lipinski definition) is 3. The molecule has 0 spiro atoms. The van der Waals surface area contributed by atoms with Gasteiger partial charge in [0.05, 0.1) is 4.90 Å². The average molecular weight is 315 g/mol. The maximum atomic E-state index is 12.9. The second-order valence-corrected chi connectivity index (χ2v) is 7.95. The quantitative estimate of drug-likeness (QED) is 0.908. The molecule has 2 atom stereocenters. The summed E-state index contributed by atoms with van der Waals surface area (Å²) in [5.74, 6) is 0.450. The minimum Gasteiger partial charge on any atom is -0.315 e. The molecule has 1 aromatic rings. The van der Waals surface area contributed by atoms with Crippen LogP contribution < -0.4 is 5.32 Å². The van der Waals surface area contributed by atoms with Crippen molar-refractivity contribution in [3.05, 3.63) is 28.8 Å². The lowest BCUT2D eigenvalue weighted by atomic mass is 9.94. The van der Waals surface area contributed by atoms with Crippen LogP contribution in [0.25, 0.3) is 0 Å². The number of fused-ring (bicyclic) bond motifs is 1. The number of halogens is 1. The Kier molecular flexibility index (Phi) is 3.79. The van der Waals surface area contributed by atoms with Crippen molar-refractivity contribution in [3.63, 3.8) is 0 Å². The summed E-state index contributed by atoms with van der Waals surface area (Å²) in [4.78, 5) is 0.384. The fourth-order valence-electron chi connectivity index (χ4n) is 3.35. The largest absolute Gasteiger partial charge is 0.315 e. The molecular formula is C14H19ClN2O2S. The van der Waals surface area contributed by atoms with Gasteiger partial charge >= 0.3 is 0 Å². The Balaban J connectivity index is 1.98. The van der Waals surface area contributed by atoms with Gasteiger partial charge in [0.1, 0.15) is 0 Å². The number of benzene rings is 1. The minimum atomic E-state index is -3.43. The van der Waals surface area contributed by atoms with Crippen LogP contribution in [-0.2, 0) is 10.0 Å². The summed E-state index contributed by atoms with van der Waals surface area (Å²) in [6.07, 6.45) is 2.05. The zero-order valence-electron chi connectivity index (χ0n) is 11.5. The summed E-state index contributed by atoms with van der Waals surface area (Å²) in [7, 11) is -3.43. The Bertz CT molecular complexity index is 618. The molecule has 1 aromatic carbocycles. The summed E-state index contributed by atoms with van der Waals surface area (Å²) in [5, 5.41) is 3.88. The normalized spacial score (nSPS) is 27.5. The molecule has 1 N–H and O–H groups in total. The maximum Gasteiger partial charge on any atom is 0.243 e. The fourth-order valence-corrected chi connectivity index (χ4v) is 5.51. The number of nitrogens with zero attached hydrogens (tertiary/aromatic N) is 1. The van der Waals surface area contributed by atoms with E-state index in [-0.39, 0.29) is 6.04 Å². The molecular weight excluding hydrogens is 296 g/mol. The molecule has 2 aliphatic rings. The fraction of sp³-hybridized carbons (Fsp3) is 0.571. The lowest BCUT2D eigenvalue weighted by molar-refractivity contribution is 0.217. The van der Waals surface area contributed by atoms with E-state index in [2.05, 4.69) is 5.32 Å². The van der Waals surface area contributed by atoms with Gasteiger partial charge in [-0.25, -0.2) is 8.42 Å². The SMILES string of the molecule is Cc1cc(Cl)ccc1S(=O)(=O)N1CCCC2CNCC21. The van der Waals surface area contributed by atoms with E-state index in [9.17, 15) is 8.42 Å². The Morgan fingerprint density at radius 3 is 2.90 bits per heavy atom. The molecule has 6 heteroatoms. The van der Waals surface area contributed by atoms with Crippen LogP contribution in [-0.4, -0.2) is 38.4 Å². The molecule has 20 heavy (non-hydrogen) atoms. The number of sulfonamides is 1. The average Bonchev–Trinajstić information content (AvgIpc) is 2.85. The van der Waals surface area contributed by atoms with E-state index in [4.69, 9.17) is 11.6 Å². The van der Waals surface area contributed by atoms with Crippen molar-refractivity contribution in [2.24, 2.45) is 5.92 Å². The van der Waals surface area contributed by atoms with Crippen molar-refractivity contribution in [2.45, 2.75) is 30.7 Å². The molecule has 3 rings (SSSR count). The first-order valence-electron chi connectivity index (χ1n) is 6.99. The van der Waals surface area contributed by atoms with Crippen molar-refractivity contribution < 1.29 is 8.42 Å². The number of hydrogen-bond donors (Lipinski definition) is 1. The summed E-state index contributed by atoms with van der Waals surface area (Å²) in [6.45, 7) is 4.10. The molecule has 0 aromatic heterocycles. The lowest BCUT2D eigenvalue weighted by Gasteiger charge is -2.36. The first-order valence-corrected chi connectivity index (χ1v) is 8.80. The third-order valence-electron chi connectivity index (χ3n) is 4.35. The van der Waals surface area contributed by atoms with Crippen LogP contribution in [0.4, 0.5) is 0 Å². The predicted molar refractivity (Wildman–Crippen MR) is 79.5 cm³/mol. The van der Waals surface area contributed by atoms with Crippen LogP contribution in [0.3, 0.4) is 0 Å². The molecule has 2 aliphatic heterocycles. The highest BCUT2D eigenvalue weighted by molar-refractivity contribution is 7.89. The van der Waals surface area contributed by atoms with Crippen LogP contribution in [0.5, 0.6) is 0 Å². The third kappa shape index (κ3) is 2.37. The van der Waals surface area contributed by atoms with Gasteiger partial charge in [-0.05, 0) is 56.0 Å². The van der Waals surface area contributed by atoms with Gasteiger partial charge in [-0.1, -0.05) is 11.6 Å². The molecule has 0 radical (unpaired) electrons. The van der Waals surface area contributed by atoms with E-state index >= 15 is 0 Å². The van der Waals surface area contributed by atoms with Crippen molar-refractivity contribution in [1.82, 2.24) is 9.62 Å². The molecule has 110 valence electrons. The lowest BCUT2D eigenvalue weighted by Crippen LogP contribution is -2.48. The molecule has 2 fully saturated rings. The van der Waals surface area contributed by atoms with Crippen LogP contribution >= 0.6 is 11.6 Å². The Morgan fingerprint density at radius 1 is 1.35 bits per heavy atom. The molecule has 0 amide bonds. The van der Waals surface area contributed by atoms with Gasteiger partial charge in [0.15, 0.2) is 0 Å². The first kappa shape index (κ1) is 14.3. The second-order valence-electron chi connectivity index (χ2n) is 5.65. The molecule has 0 aliphatic carbocycles. The maximum absolute atomic E-state index is 12.9. The van der Waals surface area contributed by atoms with Gasteiger partial charge < -0.3 is 5.32 Å². The van der Waals surface area contributed by atoms with E-state index in [0.29, 0.717) is 27.9 Å². The first-order chi connectivity index (χ1) is 9.50. The summed E-state index contributed by atoms with van der Waals surface area (Å²) < 4.78 is 27.5. The molecule has 2 saturated heterocycles. The highest BCUT2D eigenvalue weighted by Crippen LogP contribution is 2.32. The highest BCUT2D eigenvalue weighted by Gasteiger charge is 2.41. The van der Waals surface area contributed by atoms with E-state index in [0.717, 1.165) is 25.9 Å². The van der Waals surface area contributed by atoms with E-state index in [1.165, 1.54) is 0 Å². The number of piperidine rings is 1. The van der Waals surface area contributed by atoms with Crippen molar-refractivity contribution in [2.75, 3.05) is 19.6 Å². The van der Waals surface area contributed by atoms with Gasteiger partial charge in [0, 0.05) is 24.2 Å². The summed E-state index contributed by atoms with van der Waals surface area (Å²) in [6, 6.07) is 5.08. The van der Waals surface area contributed by atoms with Gasteiger partial charge in [0.25, 0.3) is 0 Å². The number of rotatable bonds is 2. The van der Waals surface area contributed by atoms with E-state index in [1.54, 1.807) is 29.4 Å². The van der Waals surface area contributed by atoms with Gasteiger partial charge in [-0.15, -0.1) is 0 Å². The van der Waals surface area contributed by atoms with Gasteiger partial charge in [-0.3, -0.25) is 0 Å². The smallest absolute Gasteiger partial charge is 0.243 e. The van der Waals surface area contributed by atoms with Crippen LogP contribution in [0.1, 0.15) is 18.4 Å². The number of nitrogens with one attached hydrogen (secondary N) is 1. The Labute approximate surface area is 125 Å². The zero-order valence-corrected chi connectivity index (χ0v) is 13.0. The Morgan fingerprint density at radius 2 is 2.15 bits per heavy atom. The topological polar surface area (TPSA) is 49.4 Å². The summed E-state index contributed by atoms with van der Waals surface area (Å²) >= 11 is 5.92. The minimum absolute atomic E-state index is 0.101. The highest BCUT2D eigenvalue weighted by atomic mass is 35.5. The standard InChI is InChI=1S/C14H19ClN2O2S/c1-10-7-12(15)4-5-14(10)20(18,19)17-6-2-3-11-8-16-9-13(11)17/h4-5,7,11,13,16H,2-3,6,8-9H2,1H3. The molecule has 0 saturated carbocycles. The zero-order chi connectivity index (χ0) is 14.3. The van der Waals surface area contributed by atoms with Gasteiger partial charge in [-0.2, -0.15) is 4.31 Å². The van der Waals surface area contributed by atoms with Gasteiger partial charge in [0.2, 0.25) is 10.0 Å². The van der Waals surface area contributed by atoms with Crippen LogP contribution in [0.15, 0.2) is 23.1 Å². The predicted octanol–water partition coefficient (Wildman–Crippen LogP) is 2.02. The second kappa shape index (κ2) is 5.30. The Hall–Kier alpha value is -0.620. The summed E-state index contributed by atoms with van der Waals surface area (Å²) in [5.41, 5.74) is 0.713. The van der Waals surface area contributed by atoms with E-state index < -0.39 is 10.0 Å². The van der Waals surface area contributed by atoms with E-state index in [1.807, 2.05) is 0 Å². The molecule has 0 bridgehead atoms. The molecule has 4 nitrogen and oxygen atoms in total. The van der Waals surface area contributed by atoms with Crippen LogP contribution in [0.2, 0.25) is 5.02 Å². The van der Waals surface area contributed by atoms with Crippen molar-refractivity contribution in [1.29, 1.82) is 0 Å².